The molecule has 4 heterocycles. The van der Waals surface area contributed by atoms with Gasteiger partial charge in [-0.2, -0.15) is 0 Å². The molecular formula is C25H30N4O8. The minimum absolute atomic E-state index is 0.00707. The molecule has 4 atom stereocenters. The van der Waals surface area contributed by atoms with Crippen LogP contribution in [0.5, 0.6) is 0 Å². The molecule has 0 amide bonds. The summed E-state index contributed by atoms with van der Waals surface area (Å²) >= 11 is 0. The Hall–Kier alpha value is -3.61. The van der Waals surface area contributed by atoms with Gasteiger partial charge in [0.1, 0.15) is 12.1 Å². The lowest BCUT2D eigenvalue weighted by molar-refractivity contribution is -0.227. The van der Waals surface area contributed by atoms with E-state index in [0.717, 1.165) is 14.2 Å². The third kappa shape index (κ3) is 4.63. The van der Waals surface area contributed by atoms with Crippen LogP contribution in [0.25, 0.3) is 0 Å². The maximum Gasteiger partial charge on any atom is 0.509 e. The number of carbonyl (C=O) groups excluding carboxylic acids is 3. The second kappa shape index (κ2) is 10.8. The number of Topliss-reactive ketones (excluding diaryl/α,β-unsaturated/α-hetero) is 1. The van der Waals surface area contributed by atoms with E-state index in [-0.39, 0.29) is 26.2 Å². The van der Waals surface area contributed by atoms with Gasteiger partial charge >= 0.3 is 12.3 Å². The van der Waals surface area contributed by atoms with E-state index in [9.17, 15) is 14.4 Å². The standard InChI is InChI=1S/C25H30N4O8/c1-28-15-24(36-22(31)34-3)19(17-9-5-7-11-26-17)29(13-14-33-2)20(18-10-6-8-12-27-18)25(16-28,21(24)30)37-23(32)35-4/h5-12,19-20H,13-16H2,1-4H3. The molecule has 0 aromatic carbocycles. The van der Waals surface area contributed by atoms with Gasteiger partial charge in [0.2, 0.25) is 17.0 Å². The van der Waals surface area contributed by atoms with Crippen molar-refractivity contribution in [2.45, 2.75) is 23.3 Å². The first-order valence-corrected chi connectivity index (χ1v) is 11.7. The van der Waals surface area contributed by atoms with Crippen molar-refractivity contribution in [2.75, 3.05) is 54.6 Å². The smallest absolute Gasteiger partial charge is 0.438 e. The fraction of sp³-hybridized carbons (Fsp3) is 0.480. The number of piperidine rings is 2. The van der Waals surface area contributed by atoms with Crippen LogP contribution in [0.3, 0.4) is 0 Å². The average molecular weight is 515 g/mol. The van der Waals surface area contributed by atoms with E-state index in [4.69, 9.17) is 23.7 Å². The van der Waals surface area contributed by atoms with Crippen molar-refractivity contribution >= 4 is 18.1 Å². The van der Waals surface area contributed by atoms with Gasteiger partial charge in [-0.15, -0.1) is 0 Å². The van der Waals surface area contributed by atoms with E-state index in [1.54, 1.807) is 67.8 Å². The van der Waals surface area contributed by atoms with Gasteiger partial charge in [0.05, 0.1) is 32.2 Å². The summed E-state index contributed by atoms with van der Waals surface area (Å²) < 4.78 is 26.8. The first-order chi connectivity index (χ1) is 17.8. The van der Waals surface area contributed by atoms with Crippen LogP contribution in [0.15, 0.2) is 48.8 Å². The molecule has 12 nitrogen and oxygen atoms in total. The highest BCUT2D eigenvalue weighted by Crippen LogP contribution is 2.54. The number of carbonyl (C=O) groups is 3. The van der Waals surface area contributed by atoms with E-state index in [1.807, 2.05) is 4.90 Å². The molecule has 2 bridgehead atoms. The lowest BCUT2D eigenvalue weighted by Gasteiger charge is -2.61. The number of ether oxygens (including phenoxy) is 5. The zero-order chi connectivity index (χ0) is 26.6. The van der Waals surface area contributed by atoms with Gasteiger partial charge < -0.3 is 23.7 Å². The molecule has 2 fully saturated rings. The highest BCUT2D eigenvalue weighted by Gasteiger charge is 2.73. The van der Waals surface area contributed by atoms with Gasteiger partial charge in [-0.25, -0.2) is 9.59 Å². The fourth-order valence-corrected chi connectivity index (χ4v) is 5.46. The zero-order valence-corrected chi connectivity index (χ0v) is 21.2. The maximum absolute atomic E-state index is 14.7. The molecule has 0 N–H and O–H groups in total. The number of hydrogen-bond donors (Lipinski definition) is 0. The number of rotatable bonds is 7. The van der Waals surface area contributed by atoms with Crippen LogP contribution in [0.1, 0.15) is 23.5 Å². The van der Waals surface area contributed by atoms with E-state index in [0.29, 0.717) is 11.4 Å². The number of aromatic nitrogens is 2. The number of pyridine rings is 2. The van der Waals surface area contributed by atoms with Crippen LogP contribution in [0, 0.1) is 0 Å². The molecule has 37 heavy (non-hydrogen) atoms. The first-order valence-electron chi connectivity index (χ1n) is 11.7. The number of likely N-dealkylation sites (N-methyl/N-ethyl adjacent to an activating group) is 1. The van der Waals surface area contributed by atoms with Gasteiger partial charge in [-0.1, -0.05) is 12.1 Å². The van der Waals surface area contributed by atoms with Crippen LogP contribution in [0.4, 0.5) is 9.59 Å². The van der Waals surface area contributed by atoms with Crippen molar-refractivity contribution < 1.29 is 38.1 Å². The summed E-state index contributed by atoms with van der Waals surface area (Å²) in [5, 5.41) is 0. The van der Waals surface area contributed by atoms with Gasteiger partial charge in [0, 0.05) is 39.1 Å². The number of likely N-dealkylation sites (tertiary alicyclic amines) is 2. The SMILES string of the molecule is COCCN1C(c2ccccn2)C2(OC(=O)OC)CN(C)CC(OC(=O)OC)(C2=O)C1c1ccccn1. The molecule has 0 aliphatic carbocycles. The second-order valence-corrected chi connectivity index (χ2v) is 8.94. The van der Waals surface area contributed by atoms with Crippen molar-refractivity contribution in [3.05, 3.63) is 60.2 Å². The molecule has 4 rings (SSSR count). The number of nitrogens with zero attached hydrogens (tertiary/aromatic N) is 4. The quantitative estimate of drug-likeness (QED) is 0.499. The minimum atomic E-state index is -1.86. The molecule has 2 saturated heterocycles. The van der Waals surface area contributed by atoms with E-state index in [2.05, 4.69) is 9.97 Å². The third-order valence-corrected chi connectivity index (χ3v) is 6.68. The van der Waals surface area contributed by atoms with Crippen LogP contribution < -0.4 is 0 Å². The first kappa shape index (κ1) is 26.5. The Bertz CT molecular complexity index is 1040. The lowest BCUT2D eigenvalue weighted by Crippen LogP contribution is -2.79. The molecule has 2 aliphatic rings. The second-order valence-electron chi connectivity index (χ2n) is 8.94. The molecule has 0 saturated carbocycles. The van der Waals surface area contributed by atoms with Crippen molar-refractivity contribution in [1.82, 2.24) is 19.8 Å². The number of fused-ring (bicyclic) bond motifs is 2. The average Bonchev–Trinajstić information content (AvgIpc) is 2.90. The van der Waals surface area contributed by atoms with Crippen molar-refractivity contribution in [3.63, 3.8) is 0 Å². The van der Waals surface area contributed by atoms with E-state index in [1.165, 1.54) is 0 Å². The largest absolute Gasteiger partial charge is 0.509 e. The summed E-state index contributed by atoms with van der Waals surface area (Å²) in [5.41, 5.74) is -2.78. The summed E-state index contributed by atoms with van der Waals surface area (Å²) in [5.74, 6) is -0.617. The Balaban J connectivity index is 2.05. The van der Waals surface area contributed by atoms with Gasteiger partial charge in [0.15, 0.2) is 0 Å². The predicted octanol–water partition coefficient (Wildman–Crippen LogP) is 1.78. The van der Waals surface area contributed by atoms with Crippen LogP contribution in [0.2, 0.25) is 0 Å². The molecule has 2 aliphatic heterocycles. The Kier molecular flexibility index (Phi) is 7.71. The molecule has 4 unspecified atom stereocenters. The summed E-state index contributed by atoms with van der Waals surface area (Å²) in [6.07, 6.45) is 1.07. The zero-order valence-electron chi connectivity index (χ0n) is 21.2. The number of ketones is 1. The topological polar surface area (TPSA) is 130 Å². The van der Waals surface area contributed by atoms with Crippen LogP contribution in [-0.2, 0) is 28.5 Å². The summed E-state index contributed by atoms with van der Waals surface area (Å²) in [7, 11) is 5.61. The summed E-state index contributed by atoms with van der Waals surface area (Å²) in [6, 6.07) is 8.74. The third-order valence-electron chi connectivity index (χ3n) is 6.68. The lowest BCUT2D eigenvalue weighted by atomic mass is 9.65. The molecule has 2 aromatic heterocycles. The molecule has 12 heteroatoms. The summed E-state index contributed by atoms with van der Waals surface area (Å²) in [4.78, 5) is 52.7. The van der Waals surface area contributed by atoms with Crippen molar-refractivity contribution in [1.29, 1.82) is 0 Å². The van der Waals surface area contributed by atoms with Crippen LogP contribution >= 0.6 is 0 Å². The van der Waals surface area contributed by atoms with E-state index < -0.39 is 41.4 Å². The molecule has 0 radical (unpaired) electrons. The fourth-order valence-electron chi connectivity index (χ4n) is 5.46. The normalized spacial score (nSPS) is 27.8. The van der Waals surface area contributed by atoms with Crippen LogP contribution in [-0.4, -0.2) is 104 Å². The molecule has 0 spiro atoms. The predicted molar refractivity (Wildman–Crippen MR) is 127 cm³/mol. The highest BCUT2D eigenvalue weighted by molar-refractivity contribution is 6.01. The van der Waals surface area contributed by atoms with E-state index >= 15 is 0 Å². The Labute approximate surface area is 214 Å². The Morgan fingerprint density at radius 3 is 1.76 bits per heavy atom. The maximum atomic E-state index is 14.7. The highest BCUT2D eigenvalue weighted by atomic mass is 16.7. The van der Waals surface area contributed by atoms with Gasteiger partial charge in [-0.3, -0.25) is 24.6 Å². The molecule has 198 valence electrons. The molecule has 2 aromatic rings. The molecular weight excluding hydrogens is 484 g/mol. The summed E-state index contributed by atoms with van der Waals surface area (Å²) in [6.45, 7) is 0.494. The Morgan fingerprint density at radius 1 is 0.892 bits per heavy atom. The number of methoxy groups -OCH3 is 3. The minimum Gasteiger partial charge on any atom is -0.438 e. The Morgan fingerprint density at radius 2 is 1.38 bits per heavy atom. The van der Waals surface area contributed by atoms with Gasteiger partial charge in [0.25, 0.3) is 0 Å². The van der Waals surface area contributed by atoms with Gasteiger partial charge in [-0.05, 0) is 31.3 Å². The van der Waals surface area contributed by atoms with Crippen molar-refractivity contribution in [3.8, 4) is 0 Å². The number of hydrogen-bond acceptors (Lipinski definition) is 12. The monoisotopic (exact) mass is 514 g/mol. The van der Waals surface area contributed by atoms with Crippen molar-refractivity contribution in [2.24, 2.45) is 0 Å².